The standard InChI is InChI=1S/C12H26NO2P/c1-8-14-16-13(12(5,6)7)10(9-15-16)11(2,3)4/h10H,8-9H2,1-7H3. The topological polar surface area (TPSA) is 21.7 Å². The lowest BCUT2D eigenvalue weighted by Crippen LogP contribution is -2.48. The average Bonchev–Trinajstić information content (AvgIpc) is 2.46. The molecule has 1 fully saturated rings. The molecule has 0 radical (unpaired) electrons. The maximum absolute atomic E-state index is 5.84. The summed E-state index contributed by atoms with van der Waals surface area (Å²) in [5.41, 5.74) is 0.316. The zero-order chi connectivity index (χ0) is 12.6. The molecule has 1 saturated heterocycles. The number of hydrogen-bond acceptors (Lipinski definition) is 3. The second-order valence-electron chi connectivity index (χ2n) is 6.35. The van der Waals surface area contributed by atoms with E-state index in [9.17, 15) is 0 Å². The van der Waals surface area contributed by atoms with Gasteiger partial charge in [0.05, 0.1) is 13.2 Å². The third-order valence-electron chi connectivity index (χ3n) is 2.74. The van der Waals surface area contributed by atoms with Crippen molar-refractivity contribution >= 4 is 8.53 Å². The summed E-state index contributed by atoms with van der Waals surface area (Å²) in [4.78, 5) is 0. The summed E-state index contributed by atoms with van der Waals surface area (Å²) in [6.45, 7) is 17.0. The van der Waals surface area contributed by atoms with Gasteiger partial charge >= 0.3 is 0 Å². The molecule has 0 spiro atoms. The van der Waals surface area contributed by atoms with E-state index in [-0.39, 0.29) is 11.0 Å². The van der Waals surface area contributed by atoms with Crippen molar-refractivity contribution in [1.82, 2.24) is 4.67 Å². The van der Waals surface area contributed by atoms with Crippen LogP contribution in [0.3, 0.4) is 0 Å². The third kappa shape index (κ3) is 3.16. The van der Waals surface area contributed by atoms with Crippen molar-refractivity contribution in [1.29, 1.82) is 0 Å². The summed E-state index contributed by atoms with van der Waals surface area (Å²) < 4.78 is 14.0. The van der Waals surface area contributed by atoms with Gasteiger partial charge in [-0.2, -0.15) is 0 Å². The summed E-state index contributed by atoms with van der Waals surface area (Å²) >= 11 is 0. The highest BCUT2D eigenvalue weighted by Crippen LogP contribution is 2.56. The Labute approximate surface area is 101 Å². The predicted molar refractivity (Wildman–Crippen MR) is 69.3 cm³/mol. The first-order chi connectivity index (χ1) is 7.18. The van der Waals surface area contributed by atoms with Crippen molar-refractivity contribution in [2.24, 2.45) is 5.41 Å². The quantitative estimate of drug-likeness (QED) is 0.693. The van der Waals surface area contributed by atoms with Crippen LogP contribution in [0.5, 0.6) is 0 Å². The molecule has 2 unspecified atom stereocenters. The van der Waals surface area contributed by atoms with E-state index in [2.05, 4.69) is 46.2 Å². The molecule has 1 aliphatic rings. The molecule has 3 nitrogen and oxygen atoms in total. The number of nitrogens with zero attached hydrogens (tertiary/aromatic N) is 1. The van der Waals surface area contributed by atoms with Crippen LogP contribution < -0.4 is 0 Å². The molecule has 4 heteroatoms. The van der Waals surface area contributed by atoms with E-state index in [1.165, 1.54) is 0 Å². The molecule has 16 heavy (non-hydrogen) atoms. The molecule has 0 amide bonds. The van der Waals surface area contributed by atoms with Crippen LogP contribution in [0.25, 0.3) is 0 Å². The molecule has 0 aromatic rings. The normalized spacial score (nSPS) is 28.7. The number of hydrogen-bond donors (Lipinski definition) is 0. The van der Waals surface area contributed by atoms with Gasteiger partial charge in [0.2, 0.25) is 0 Å². The largest absolute Gasteiger partial charge is 0.322 e. The molecule has 1 heterocycles. The van der Waals surface area contributed by atoms with Crippen LogP contribution in [0.4, 0.5) is 0 Å². The average molecular weight is 247 g/mol. The van der Waals surface area contributed by atoms with E-state index in [1.54, 1.807) is 0 Å². The van der Waals surface area contributed by atoms with Gasteiger partial charge in [0.25, 0.3) is 8.53 Å². The molecular weight excluding hydrogens is 221 g/mol. The molecule has 96 valence electrons. The molecule has 2 atom stereocenters. The van der Waals surface area contributed by atoms with Crippen molar-refractivity contribution in [2.45, 2.75) is 60.0 Å². The smallest absolute Gasteiger partial charge is 0.259 e. The fourth-order valence-electron chi connectivity index (χ4n) is 1.92. The second kappa shape index (κ2) is 4.89. The summed E-state index contributed by atoms with van der Waals surface area (Å²) in [6.07, 6.45) is 0. The maximum atomic E-state index is 5.84. The summed E-state index contributed by atoms with van der Waals surface area (Å²) in [5.74, 6) is 0. The lowest BCUT2D eigenvalue weighted by Gasteiger charge is -2.42. The van der Waals surface area contributed by atoms with E-state index in [4.69, 9.17) is 9.05 Å². The Morgan fingerprint density at radius 1 is 1.25 bits per heavy atom. The SMILES string of the molecule is CCOP1OCC(C(C)(C)C)N1C(C)(C)C. The van der Waals surface area contributed by atoms with Crippen LogP contribution in [0, 0.1) is 5.41 Å². The zero-order valence-electron chi connectivity index (χ0n) is 11.7. The van der Waals surface area contributed by atoms with Crippen molar-refractivity contribution in [3.05, 3.63) is 0 Å². The minimum absolute atomic E-state index is 0.0926. The van der Waals surface area contributed by atoms with Crippen LogP contribution in [0.1, 0.15) is 48.5 Å². The van der Waals surface area contributed by atoms with Gasteiger partial charge in [-0.3, -0.25) is 0 Å². The van der Waals surface area contributed by atoms with E-state index < -0.39 is 8.53 Å². The Morgan fingerprint density at radius 3 is 2.19 bits per heavy atom. The molecule has 1 aliphatic heterocycles. The third-order valence-corrected chi connectivity index (χ3v) is 4.82. The van der Waals surface area contributed by atoms with E-state index in [0.717, 1.165) is 13.2 Å². The van der Waals surface area contributed by atoms with Gasteiger partial charge in [-0.05, 0) is 33.1 Å². The number of rotatable bonds is 2. The molecule has 0 aliphatic carbocycles. The molecule has 1 rings (SSSR count). The molecular formula is C12H26NO2P. The van der Waals surface area contributed by atoms with Crippen molar-refractivity contribution in [3.8, 4) is 0 Å². The van der Waals surface area contributed by atoms with E-state index >= 15 is 0 Å². The molecule has 0 aromatic carbocycles. The van der Waals surface area contributed by atoms with Crippen molar-refractivity contribution in [2.75, 3.05) is 13.2 Å². The van der Waals surface area contributed by atoms with Gasteiger partial charge in [-0.25, -0.2) is 4.67 Å². The Balaban J connectivity index is 2.89. The van der Waals surface area contributed by atoms with Gasteiger partial charge in [-0.15, -0.1) is 0 Å². The molecule has 0 N–H and O–H groups in total. The minimum Gasteiger partial charge on any atom is -0.322 e. The summed E-state index contributed by atoms with van der Waals surface area (Å²) in [7, 11) is -0.867. The fraction of sp³-hybridized carbons (Fsp3) is 1.00. The van der Waals surface area contributed by atoms with Gasteiger partial charge in [-0.1, -0.05) is 20.8 Å². The summed E-state index contributed by atoms with van der Waals surface area (Å²) in [5, 5.41) is 0. The first kappa shape index (κ1) is 14.4. The van der Waals surface area contributed by atoms with Crippen LogP contribution in [0.2, 0.25) is 0 Å². The Kier molecular flexibility index (Phi) is 4.40. The van der Waals surface area contributed by atoms with E-state index in [1.807, 2.05) is 6.92 Å². The van der Waals surface area contributed by atoms with Gasteiger partial charge in [0, 0.05) is 11.6 Å². The Morgan fingerprint density at radius 2 is 1.81 bits per heavy atom. The highest BCUT2D eigenvalue weighted by Gasteiger charge is 2.47. The van der Waals surface area contributed by atoms with Gasteiger partial charge < -0.3 is 9.05 Å². The lowest BCUT2D eigenvalue weighted by molar-refractivity contribution is 0.112. The van der Waals surface area contributed by atoms with Crippen molar-refractivity contribution in [3.63, 3.8) is 0 Å². The van der Waals surface area contributed by atoms with Crippen LogP contribution in [-0.2, 0) is 9.05 Å². The highest BCUT2D eigenvalue weighted by molar-refractivity contribution is 7.44. The highest BCUT2D eigenvalue weighted by atomic mass is 31.2. The Bertz CT molecular complexity index is 232. The van der Waals surface area contributed by atoms with Crippen molar-refractivity contribution < 1.29 is 9.05 Å². The first-order valence-corrected chi connectivity index (χ1v) is 7.16. The van der Waals surface area contributed by atoms with Crippen LogP contribution >= 0.6 is 8.53 Å². The first-order valence-electron chi connectivity index (χ1n) is 6.03. The van der Waals surface area contributed by atoms with Crippen LogP contribution in [-0.4, -0.2) is 29.5 Å². The van der Waals surface area contributed by atoms with E-state index in [0.29, 0.717) is 6.04 Å². The van der Waals surface area contributed by atoms with Gasteiger partial charge in [0.1, 0.15) is 0 Å². The molecule has 0 saturated carbocycles. The predicted octanol–water partition coefficient (Wildman–Crippen LogP) is 3.80. The zero-order valence-corrected chi connectivity index (χ0v) is 12.6. The maximum Gasteiger partial charge on any atom is 0.259 e. The molecule has 0 bridgehead atoms. The van der Waals surface area contributed by atoms with Gasteiger partial charge in [0.15, 0.2) is 0 Å². The summed E-state index contributed by atoms with van der Waals surface area (Å²) in [6, 6.07) is 0.435. The fourth-order valence-corrected chi connectivity index (χ4v) is 3.86. The monoisotopic (exact) mass is 247 g/mol. The lowest BCUT2D eigenvalue weighted by atomic mass is 9.85. The minimum atomic E-state index is -0.867. The second-order valence-corrected chi connectivity index (χ2v) is 7.77. The Hall–Kier alpha value is 0.310. The van der Waals surface area contributed by atoms with Crippen LogP contribution in [0.15, 0.2) is 0 Å². The molecule has 0 aromatic heterocycles.